The molecule has 0 fully saturated rings. The minimum absolute atomic E-state index is 0.0153. The SMILES string of the molecule is CC(=O)[C@@H](N)CSSCCC(=O)CCCOCCOCCOCCOCCOCCOCCOCCOCCOCCOCCn1cc(C)nn1. The lowest BCUT2D eigenvalue weighted by atomic mass is 10.2. The second kappa shape index (κ2) is 37.1. The van der Waals surface area contributed by atoms with Crippen molar-refractivity contribution in [2.24, 2.45) is 5.73 Å². The molecule has 0 spiro atoms. The number of nitrogens with zero attached hydrogens (tertiary/aromatic N) is 3. The minimum atomic E-state index is -0.429. The Kier molecular flexibility index (Phi) is 34.7. The van der Waals surface area contributed by atoms with E-state index in [1.54, 1.807) is 15.5 Å². The summed E-state index contributed by atoms with van der Waals surface area (Å²) in [6, 6.07) is -0.429. The highest BCUT2D eigenvalue weighted by Crippen LogP contribution is 2.22. The zero-order valence-electron chi connectivity index (χ0n) is 30.7. The van der Waals surface area contributed by atoms with E-state index in [2.05, 4.69) is 10.3 Å². The summed E-state index contributed by atoms with van der Waals surface area (Å²) in [6.07, 6.45) is 3.60. The van der Waals surface area contributed by atoms with Gasteiger partial charge in [-0.05, 0) is 20.3 Å². The topological polar surface area (TPSA) is 183 Å². The quantitative estimate of drug-likeness (QED) is 0.0751. The van der Waals surface area contributed by atoms with Gasteiger partial charge in [-0.25, -0.2) is 4.68 Å². The first-order valence-corrected chi connectivity index (χ1v) is 20.1. The number of carbonyl (C=O) groups is 2. The first-order chi connectivity index (χ1) is 25.0. The van der Waals surface area contributed by atoms with Crippen molar-refractivity contribution >= 4 is 33.2 Å². The average molecular weight is 771 g/mol. The lowest BCUT2D eigenvalue weighted by Gasteiger charge is -2.09. The molecule has 0 aliphatic heterocycles. The number of hydrogen-bond acceptors (Lipinski definition) is 17. The van der Waals surface area contributed by atoms with E-state index in [9.17, 15) is 9.59 Å². The summed E-state index contributed by atoms with van der Waals surface area (Å²) in [5.74, 6) is 1.50. The second-order valence-electron chi connectivity index (χ2n) is 11.0. The van der Waals surface area contributed by atoms with E-state index >= 15 is 0 Å². The number of hydrogen-bond donors (Lipinski definition) is 1. The van der Waals surface area contributed by atoms with Gasteiger partial charge in [-0.2, -0.15) is 0 Å². The van der Waals surface area contributed by atoms with E-state index < -0.39 is 6.04 Å². The number of rotatable bonds is 41. The zero-order valence-corrected chi connectivity index (χ0v) is 32.3. The minimum Gasteiger partial charge on any atom is -0.379 e. The Morgan fingerprint density at radius 2 is 1.02 bits per heavy atom. The van der Waals surface area contributed by atoms with E-state index in [0.29, 0.717) is 164 Å². The summed E-state index contributed by atoms with van der Waals surface area (Å²) in [5, 5.41) is 7.89. The molecular formula is C33H62N4O12S2. The summed E-state index contributed by atoms with van der Waals surface area (Å²) < 4.78 is 56.6. The van der Waals surface area contributed by atoms with Crippen molar-refractivity contribution in [1.82, 2.24) is 15.0 Å². The van der Waals surface area contributed by atoms with Crippen LogP contribution < -0.4 is 5.73 Å². The van der Waals surface area contributed by atoms with Gasteiger partial charge in [0, 0.05) is 37.2 Å². The highest BCUT2D eigenvalue weighted by Gasteiger charge is 2.08. The molecule has 0 radical (unpaired) electrons. The fourth-order valence-corrected chi connectivity index (χ4v) is 5.93. The van der Waals surface area contributed by atoms with Crippen molar-refractivity contribution in [3.63, 3.8) is 0 Å². The highest BCUT2D eigenvalue weighted by molar-refractivity contribution is 8.76. The summed E-state index contributed by atoms with van der Waals surface area (Å²) >= 11 is 0. The molecule has 18 heteroatoms. The van der Waals surface area contributed by atoms with E-state index in [4.69, 9.17) is 53.1 Å². The normalized spacial score (nSPS) is 12.1. The van der Waals surface area contributed by atoms with Gasteiger partial charge >= 0.3 is 0 Å². The van der Waals surface area contributed by atoms with Gasteiger partial charge in [0.2, 0.25) is 0 Å². The zero-order chi connectivity index (χ0) is 36.9. The standard InChI is InChI=1S/C33H62N4O12S2/c1-30-28-37(36-35-30)6-8-41-10-12-43-14-16-45-18-20-47-22-24-49-26-25-48-23-21-46-19-17-44-15-13-42-11-9-40-7-3-4-32(39)5-27-50-51-29-33(34)31(2)38/h28,33H,3-27,29,34H2,1-2H3/t33-/m0/s1. The van der Waals surface area contributed by atoms with Crippen LogP contribution in [0.15, 0.2) is 6.20 Å². The molecule has 0 amide bonds. The van der Waals surface area contributed by atoms with Gasteiger partial charge in [0.05, 0.1) is 144 Å². The lowest BCUT2D eigenvalue weighted by molar-refractivity contribution is -0.119. The van der Waals surface area contributed by atoms with Crippen LogP contribution in [0.2, 0.25) is 0 Å². The lowest BCUT2D eigenvalue weighted by Crippen LogP contribution is -2.30. The number of ether oxygens (including phenoxy) is 10. The van der Waals surface area contributed by atoms with Crippen LogP contribution in [0.5, 0.6) is 0 Å². The summed E-state index contributed by atoms with van der Waals surface area (Å²) in [7, 11) is 3.11. The maximum atomic E-state index is 11.9. The third-order valence-electron chi connectivity index (χ3n) is 6.53. The first-order valence-electron chi connectivity index (χ1n) is 17.6. The molecule has 1 aromatic rings. The molecule has 298 valence electrons. The molecule has 1 atom stereocenters. The summed E-state index contributed by atoms with van der Waals surface area (Å²) in [6.45, 7) is 14.1. The largest absolute Gasteiger partial charge is 0.379 e. The predicted molar refractivity (Wildman–Crippen MR) is 195 cm³/mol. The van der Waals surface area contributed by atoms with Gasteiger partial charge in [0.15, 0.2) is 0 Å². The maximum Gasteiger partial charge on any atom is 0.147 e. The molecule has 0 saturated carbocycles. The van der Waals surface area contributed by atoms with E-state index in [1.165, 1.54) is 17.7 Å². The van der Waals surface area contributed by atoms with Crippen LogP contribution in [-0.4, -0.2) is 176 Å². The van der Waals surface area contributed by atoms with Crippen LogP contribution in [-0.2, 0) is 63.5 Å². The Morgan fingerprint density at radius 1 is 0.627 bits per heavy atom. The Bertz CT molecular complexity index is 938. The molecule has 0 aliphatic carbocycles. The fraction of sp³-hybridized carbons (Fsp3) is 0.879. The summed E-state index contributed by atoms with van der Waals surface area (Å²) in [4.78, 5) is 23.0. The monoisotopic (exact) mass is 770 g/mol. The van der Waals surface area contributed by atoms with Gasteiger partial charge in [0.25, 0.3) is 0 Å². The van der Waals surface area contributed by atoms with Crippen molar-refractivity contribution in [3.05, 3.63) is 11.9 Å². The van der Waals surface area contributed by atoms with Gasteiger partial charge < -0.3 is 53.1 Å². The Labute approximate surface area is 311 Å². The molecule has 0 unspecified atom stereocenters. The smallest absolute Gasteiger partial charge is 0.147 e. The molecule has 0 bridgehead atoms. The van der Waals surface area contributed by atoms with Crippen LogP contribution in [0.4, 0.5) is 0 Å². The van der Waals surface area contributed by atoms with E-state index in [0.717, 1.165) is 11.4 Å². The van der Waals surface area contributed by atoms with Crippen LogP contribution in [0, 0.1) is 6.92 Å². The molecule has 51 heavy (non-hydrogen) atoms. The molecule has 1 heterocycles. The molecular weight excluding hydrogens is 709 g/mol. The van der Waals surface area contributed by atoms with Gasteiger partial charge in [-0.3, -0.25) is 9.59 Å². The van der Waals surface area contributed by atoms with E-state index in [1.807, 2.05) is 13.1 Å². The van der Waals surface area contributed by atoms with Crippen LogP contribution >= 0.6 is 21.6 Å². The fourth-order valence-electron chi connectivity index (χ4n) is 3.69. The third-order valence-corrected chi connectivity index (χ3v) is 8.97. The number of ketones is 2. The van der Waals surface area contributed by atoms with Crippen molar-refractivity contribution < 1.29 is 57.0 Å². The number of carbonyl (C=O) groups excluding carboxylic acids is 2. The number of aromatic nitrogens is 3. The van der Waals surface area contributed by atoms with Crippen molar-refractivity contribution in [3.8, 4) is 0 Å². The molecule has 1 rings (SSSR count). The van der Waals surface area contributed by atoms with Crippen LogP contribution in [0.25, 0.3) is 0 Å². The van der Waals surface area contributed by atoms with Crippen LogP contribution in [0.3, 0.4) is 0 Å². The Morgan fingerprint density at radius 3 is 1.39 bits per heavy atom. The summed E-state index contributed by atoms with van der Waals surface area (Å²) in [5.41, 5.74) is 6.57. The highest BCUT2D eigenvalue weighted by atomic mass is 33.1. The van der Waals surface area contributed by atoms with Crippen molar-refractivity contribution in [1.29, 1.82) is 0 Å². The van der Waals surface area contributed by atoms with Crippen molar-refractivity contribution in [2.75, 3.05) is 144 Å². The second-order valence-corrected chi connectivity index (χ2v) is 13.6. The van der Waals surface area contributed by atoms with E-state index in [-0.39, 0.29) is 11.6 Å². The van der Waals surface area contributed by atoms with Gasteiger partial charge in [-0.1, -0.05) is 26.8 Å². The number of aryl methyl sites for hydroxylation is 1. The average Bonchev–Trinajstić information content (AvgIpc) is 3.54. The number of Topliss-reactive ketones (excluding diaryl/α,β-unsaturated/α-hetero) is 2. The first kappa shape index (κ1) is 47.8. The Balaban J connectivity index is 1.64. The molecule has 16 nitrogen and oxygen atoms in total. The number of nitrogens with two attached hydrogens (primary N) is 1. The van der Waals surface area contributed by atoms with Crippen molar-refractivity contribution in [2.45, 2.75) is 45.7 Å². The predicted octanol–water partition coefficient (Wildman–Crippen LogP) is 1.79. The van der Waals surface area contributed by atoms with Gasteiger partial charge in [-0.15, -0.1) is 5.10 Å². The Hall–Kier alpha value is -1.26. The molecule has 2 N–H and O–H groups in total. The molecule has 0 saturated heterocycles. The third kappa shape index (κ3) is 34.3. The molecule has 0 aliphatic rings. The van der Waals surface area contributed by atoms with Crippen LogP contribution in [0.1, 0.15) is 31.9 Å². The van der Waals surface area contributed by atoms with Gasteiger partial charge in [0.1, 0.15) is 11.6 Å². The molecule has 0 aromatic carbocycles. The maximum absolute atomic E-state index is 11.9. The molecule has 1 aromatic heterocycles.